The van der Waals surface area contributed by atoms with Gasteiger partial charge in [0.25, 0.3) is 5.91 Å². The largest absolute Gasteiger partial charge is 0.494 e. The smallest absolute Gasteiger partial charge is 0.255 e. The van der Waals surface area contributed by atoms with Gasteiger partial charge in [0, 0.05) is 30.3 Å². The quantitative estimate of drug-likeness (QED) is 0.937. The van der Waals surface area contributed by atoms with Crippen LogP contribution >= 0.6 is 0 Å². The summed E-state index contributed by atoms with van der Waals surface area (Å²) >= 11 is 0. The predicted molar refractivity (Wildman–Crippen MR) is 88.9 cm³/mol. The zero-order valence-corrected chi connectivity index (χ0v) is 13.2. The lowest BCUT2D eigenvalue weighted by atomic mass is 10.2. The number of carbonyl (C=O) groups is 2. The number of nitrogens with one attached hydrogen (secondary N) is 1. The lowest BCUT2D eigenvalue weighted by molar-refractivity contribution is -0.117. The van der Waals surface area contributed by atoms with Gasteiger partial charge in [-0.15, -0.1) is 0 Å². The summed E-state index contributed by atoms with van der Waals surface area (Å²) in [6, 6.07) is 10.4. The van der Waals surface area contributed by atoms with Crippen molar-refractivity contribution in [2.24, 2.45) is 0 Å². The first kappa shape index (κ1) is 16.0. The summed E-state index contributed by atoms with van der Waals surface area (Å²) in [7, 11) is 1.52. The van der Waals surface area contributed by atoms with Gasteiger partial charge in [0.15, 0.2) is 0 Å². The Balaban J connectivity index is 1.80. The van der Waals surface area contributed by atoms with Gasteiger partial charge in [-0.05, 0) is 42.8 Å². The van der Waals surface area contributed by atoms with Crippen molar-refractivity contribution in [2.75, 3.05) is 23.9 Å². The maximum Gasteiger partial charge on any atom is 0.255 e. The van der Waals surface area contributed by atoms with Gasteiger partial charge in [-0.25, -0.2) is 4.39 Å². The third-order valence-electron chi connectivity index (χ3n) is 3.91. The number of rotatable bonds is 4. The average Bonchev–Trinajstić information content (AvgIpc) is 3.01. The maximum atomic E-state index is 12.9. The number of methoxy groups -OCH3 is 1. The van der Waals surface area contributed by atoms with Crippen molar-refractivity contribution in [3.05, 3.63) is 53.8 Å². The van der Waals surface area contributed by atoms with Crippen molar-refractivity contribution in [3.63, 3.8) is 0 Å². The predicted octanol–water partition coefficient (Wildman–Crippen LogP) is 3.21. The van der Waals surface area contributed by atoms with Gasteiger partial charge in [0.05, 0.1) is 12.8 Å². The van der Waals surface area contributed by atoms with E-state index in [2.05, 4.69) is 5.32 Å². The lowest BCUT2D eigenvalue weighted by Crippen LogP contribution is -2.24. The summed E-state index contributed by atoms with van der Waals surface area (Å²) in [5.41, 5.74) is 1.59. The highest BCUT2D eigenvalue weighted by Gasteiger charge is 2.24. The first-order chi connectivity index (χ1) is 11.6. The van der Waals surface area contributed by atoms with E-state index < -0.39 is 5.82 Å². The molecule has 1 heterocycles. The number of carbonyl (C=O) groups excluding carboxylic acids is 2. The average molecular weight is 328 g/mol. The molecule has 0 aliphatic carbocycles. The minimum Gasteiger partial charge on any atom is -0.494 e. The van der Waals surface area contributed by atoms with E-state index in [4.69, 9.17) is 4.74 Å². The van der Waals surface area contributed by atoms with Gasteiger partial charge in [0.1, 0.15) is 11.6 Å². The Bertz CT molecular complexity index is 774. The molecule has 2 amide bonds. The molecular weight excluding hydrogens is 311 g/mol. The second-order valence-electron chi connectivity index (χ2n) is 5.50. The van der Waals surface area contributed by atoms with E-state index in [-0.39, 0.29) is 11.8 Å². The number of amides is 2. The molecule has 0 unspecified atom stereocenters. The molecule has 24 heavy (non-hydrogen) atoms. The molecule has 0 atom stereocenters. The molecule has 0 aromatic heterocycles. The van der Waals surface area contributed by atoms with Crippen molar-refractivity contribution >= 4 is 23.2 Å². The van der Waals surface area contributed by atoms with Crippen molar-refractivity contribution in [2.45, 2.75) is 12.8 Å². The molecule has 5 nitrogen and oxygen atoms in total. The summed E-state index contributed by atoms with van der Waals surface area (Å²) < 4.78 is 18.3. The molecule has 6 heteroatoms. The minimum atomic E-state index is -0.396. The van der Waals surface area contributed by atoms with Crippen molar-refractivity contribution < 1.29 is 18.7 Å². The highest BCUT2D eigenvalue weighted by atomic mass is 19.1. The summed E-state index contributed by atoms with van der Waals surface area (Å²) in [5, 5.41) is 2.74. The van der Waals surface area contributed by atoms with Crippen molar-refractivity contribution in [1.82, 2.24) is 0 Å². The fourth-order valence-corrected chi connectivity index (χ4v) is 2.69. The topological polar surface area (TPSA) is 58.6 Å². The fraction of sp³-hybridized carbons (Fsp3) is 0.222. The summed E-state index contributed by atoms with van der Waals surface area (Å²) in [5.74, 6) is -0.159. The van der Waals surface area contributed by atoms with Gasteiger partial charge < -0.3 is 15.0 Å². The van der Waals surface area contributed by atoms with Crippen LogP contribution in [0.25, 0.3) is 0 Å². The summed E-state index contributed by atoms with van der Waals surface area (Å²) in [6.45, 7) is 0.663. The number of nitrogens with zero attached hydrogens (tertiary/aromatic N) is 1. The third-order valence-corrected chi connectivity index (χ3v) is 3.91. The zero-order valence-electron chi connectivity index (χ0n) is 13.2. The van der Waals surface area contributed by atoms with Crippen LogP contribution in [0.2, 0.25) is 0 Å². The number of hydrogen-bond acceptors (Lipinski definition) is 3. The molecule has 0 radical (unpaired) electrons. The second-order valence-corrected chi connectivity index (χ2v) is 5.50. The van der Waals surface area contributed by atoms with E-state index in [1.807, 2.05) is 0 Å². The third kappa shape index (κ3) is 3.22. The molecule has 2 aromatic rings. The monoisotopic (exact) mass is 328 g/mol. The molecule has 1 fully saturated rings. The van der Waals surface area contributed by atoms with Crippen LogP contribution in [-0.2, 0) is 4.79 Å². The maximum absolute atomic E-state index is 12.9. The number of anilines is 2. The SMILES string of the molecule is COc1cc(NC(=O)c2ccc(F)cc2)ccc1N1CCCC1=O. The van der Waals surface area contributed by atoms with Crippen LogP contribution in [0, 0.1) is 5.82 Å². The number of benzene rings is 2. The highest BCUT2D eigenvalue weighted by molar-refractivity contribution is 6.04. The van der Waals surface area contributed by atoms with E-state index in [9.17, 15) is 14.0 Å². The van der Waals surface area contributed by atoms with Crippen LogP contribution < -0.4 is 15.0 Å². The van der Waals surface area contributed by atoms with Crippen LogP contribution in [-0.4, -0.2) is 25.5 Å². The minimum absolute atomic E-state index is 0.0661. The zero-order chi connectivity index (χ0) is 17.1. The van der Waals surface area contributed by atoms with Gasteiger partial charge >= 0.3 is 0 Å². The molecule has 0 saturated carbocycles. The Hall–Kier alpha value is -2.89. The van der Waals surface area contributed by atoms with Crippen LogP contribution in [0.1, 0.15) is 23.2 Å². The molecule has 1 N–H and O–H groups in total. The van der Waals surface area contributed by atoms with Gasteiger partial charge in [0.2, 0.25) is 5.91 Å². The number of halogens is 1. The van der Waals surface area contributed by atoms with E-state index in [1.54, 1.807) is 23.1 Å². The Morgan fingerprint density at radius 3 is 2.58 bits per heavy atom. The van der Waals surface area contributed by atoms with Crippen LogP contribution in [0.15, 0.2) is 42.5 Å². The molecular formula is C18H17FN2O3. The molecule has 0 bridgehead atoms. The van der Waals surface area contributed by atoms with Gasteiger partial charge in [-0.3, -0.25) is 9.59 Å². The number of ether oxygens (including phenoxy) is 1. The normalized spacial score (nSPS) is 13.9. The van der Waals surface area contributed by atoms with E-state index in [0.717, 1.165) is 6.42 Å². The lowest BCUT2D eigenvalue weighted by Gasteiger charge is -2.19. The van der Waals surface area contributed by atoms with Crippen LogP contribution in [0.3, 0.4) is 0 Å². The summed E-state index contributed by atoms with van der Waals surface area (Å²) in [6.07, 6.45) is 1.36. The van der Waals surface area contributed by atoms with E-state index in [1.165, 1.54) is 31.4 Å². The highest BCUT2D eigenvalue weighted by Crippen LogP contribution is 2.33. The molecule has 0 spiro atoms. The van der Waals surface area contributed by atoms with Crippen molar-refractivity contribution in [3.8, 4) is 5.75 Å². The molecule has 3 rings (SSSR count). The summed E-state index contributed by atoms with van der Waals surface area (Å²) in [4.78, 5) is 25.8. The molecule has 2 aromatic carbocycles. The second kappa shape index (κ2) is 6.70. The molecule has 1 saturated heterocycles. The van der Waals surface area contributed by atoms with E-state index in [0.29, 0.717) is 35.7 Å². The van der Waals surface area contributed by atoms with E-state index >= 15 is 0 Å². The molecule has 1 aliphatic heterocycles. The van der Waals surface area contributed by atoms with Crippen LogP contribution in [0.4, 0.5) is 15.8 Å². The van der Waals surface area contributed by atoms with Gasteiger partial charge in [-0.2, -0.15) is 0 Å². The first-order valence-corrected chi connectivity index (χ1v) is 7.64. The first-order valence-electron chi connectivity index (χ1n) is 7.64. The Labute approximate surface area is 139 Å². The van der Waals surface area contributed by atoms with Crippen LogP contribution in [0.5, 0.6) is 5.75 Å². The van der Waals surface area contributed by atoms with Gasteiger partial charge in [-0.1, -0.05) is 0 Å². The molecule has 1 aliphatic rings. The number of hydrogen-bond donors (Lipinski definition) is 1. The Morgan fingerprint density at radius 1 is 1.21 bits per heavy atom. The Morgan fingerprint density at radius 2 is 1.96 bits per heavy atom. The molecule has 124 valence electrons. The Kier molecular flexibility index (Phi) is 4.46. The van der Waals surface area contributed by atoms with Crippen molar-refractivity contribution in [1.29, 1.82) is 0 Å². The fourth-order valence-electron chi connectivity index (χ4n) is 2.69. The standard InChI is InChI=1S/C18H17FN2O3/c1-24-16-11-14(8-9-15(16)21-10-2-3-17(21)22)20-18(23)12-4-6-13(19)7-5-12/h4-9,11H,2-3,10H2,1H3,(H,20,23).